The Balaban J connectivity index is 2.25. The summed E-state index contributed by atoms with van der Waals surface area (Å²) >= 11 is 0. The van der Waals surface area contributed by atoms with Crippen molar-refractivity contribution in [3.63, 3.8) is 0 Å². The lowest BCUT2D eigenvalue weighted by atomic mass is 10.1. The van der Waals surface area contributed by atoms with E-state index in [9.17, 15) is 9.18 Å². The molecule has 0 aromatic heterocycles. The molecule has 1 amide bonds. The van der Waals surface area contributed by atoms with Crippen LogP contribution in [0.4, 0.5) is 10.1 Å². The van der Waals surface area contributed by atoms with Crippen molar-refractivity contribution in [3.8, 4) is 0 Å². The second kappa shape index (κ2) is 6.70. The molecule has 1 aromatic carbocycles. The van der Waals surface area contributed by atoms with E-state index < -0.39 is 5.82 Å². The summed E-state index contributed by atoms with van der Waals surface area (Å²) in [6.07, 6.45) is 2.77. The van der Waals surface area contributed by atoms with Gasteiger partial charge in [-0.1, -0.05) is 13.0 Å². The van der Waals surface area contributed by atoms with Crippen LogP contribution in [0.1, 0.15) is 36.5 Å². The van der Waals surface area contributed by atoms with Gasteiger partial charge in [0, 0.05) is 19.1 Å². The average molecular weight is 280 g/mol. The highest BCUT2D eigenvalue weighted by Gasteiger charge is 2.33. The van der Waals surface area contributed by atoms with Crippen LogP contribution in [0.25, 0.3) is 0 Å². The van der Waals surface area contributed by atoms with Crippen molar-refractivity contribution in [2.45, 2.75) is 32.2 Å². The quantitative estimate of drug-likeness (QED) is 0.805. The molecule has 5 heteroatoms. The zero-order chi connectivity index (χ0) is 14.5. The molecule has 20 heavy (non-hydrogen) atoms. The molecule has 1 aliphatic carbocycles. The van der Waals surface area contributed by atoms with Crippen LogP contribution >= 0.6 is 0 Å². The fraction of sp³-hybridized carbons (Fsp3) is 0.533. The first-order valence-corrected chi connectivity index (χ1v) is 7.13. The Labute approximate surface area is 118 Å². The van der Waals surface area contributed by atoms with Gasteiger partial charge < -0.3 is 15.3 Å². The molecule has 4 nitrogen and oxygen atoms in total. The van der Waals surface area contributed by atoms with E-state index in [1.807, 2.05) is 6.92 Å². The highest BCUT2D eigenvalue weighted by molar-refractivity contribution is 6.00. The minimum absolute atomic E-state index is 0.0741. The normalized spacial score (nSPS) is 14.2. The molecule has 1 saturated carbocycles. The van der Waals surface area contributed by atoms with Crippen molar-refractivity contribution < 1.29 is 14.3 Å². The van der Waals surface area contributed by atoms with Gasteiger partial charge in [0.1, 0.15) is 5.82 Å². The molecular formula is C15H21FN2O2. The third-order valence-electron chi connectivity index (χ3n) is 3.39. The number of para-hydroxylation sites is 1. The Morgan fingerprint density at radius 2 is 2.25 bits per heavy atom. The molecule has 0 aliphatic heterocycles. The number of benzene rings is 1. The van der Waals surface area contributed by atoms with Crippen LogP contribution in [0.3, 0.4) is 0 Å². The summed E-state index contributed by atoms with van der Waals surface area (Å²) in [5.41, 5.74) is 0.613. The molecule has 110 valence electrons. The van der Waals surface area contributed by atoms with E-state index in [0.717, 1.165) is 19.3 Å². The van der Waals surface area contributed by atoms with E-state index in [1.165, 1.54) is 6.07 Å². The number of carbonyl (C=O) groups excluding carboxylic acids is 1. The summed E-state index contributed by atoms with van der Waals surface area (Å²) in [4.78, 5) is 14.2. The van der Waals surface area contributed by atoms with Crippen LogP contribution < -0.4 is 5.32 Å². The van der Waals surface area contributed by atoms with Crippen LogP contribution in [0.2, 0.25) is 0 Å². The summed E-state index contributed by atoms with van der Waals surface area (Å²) < 4.78 is 13.9. The molecular weight excluding hydrogens is 259 g/mol. The maximum atomic E-state index is 13.9. The van der Waals surface area contributed by atoms with Crippen molar-refractivity contribution in [2.24, 2.45) is 0 Å². The van der Waals surface area contributed by atoms with Gasteiger partial charge in [0.05, 0.1) is 17.9 Å². The third-order valence-corrected chi connectivity index (χ3v) is 3.39. The van der Waals surface area contributed by atoms with Crippen LogP contribution in [-0.4, -0.2) is 41.7 Å². The predicted octanol–water partition coefficient (Wildman–Crippen LogP) is 2.24. The first kappa shape index (κ1) is 14.8. The van der Waals surface area contributed by atoms with Gasteiger partial charge in [0.2, 0.25) is 0 Å². The van der Waals surface area contributed by atoms with Crippen molar-refractivity contribution in [1.29, 1.82) is 0 Å². The average Bonchev–Trinajstić information content (AvgIpc) is 3.27. The van der Waals surface area contributed by atoms with E-state index in [-0.39, 0.29) is 24.2 Å². The summed E-state index contributed by atoms with van der Waals surface area (Å²) in [5.74, 6) is -0.622. The lowest BCUT2D eigenvalue weighted by Gasteiger charge is -2.23. The Morgan fingerprint density at radius 1 is 1.50 bits per heavy atom. The number of nitrogens with zero attached hydrogens (tertiary/aromatic N) is 1. The number of nitrogens with one attached hydrogen (secondary N) is 1. The Hall–Kier alpha value is -1.62. The number of anilines is 1. The maximum absolute atomic E-state index is 13.9. The van der Waals surface area contributed by atoms with Crippen LogP contribution in [-0.2, 0) is 0 Å². The zero-order valence-corrected chi connectivity index (χ0v) is 11.7. The van der Waals surface area contributed by atoms with Crippen molar-refractivity contribution in [1.82, 2.24) is 4.90 Å². The van der Waals surface area contributed by atoms with E-state index in [4.69, 9.17) is 5.11 Å². The molecule has 2 N–H and O–H groups in total. The van der Waals surface area contributed by atoms with E-state index in [0.29, 0.717) is 18.7 Å². The SMILES string of the molecule is CCCNc1c(F)cccc1C(=O)N(CCO)C1CC1. The summed E-state index contributed by atoms with van der Waals surface area (Å²) in [7, 11) is 0. The molecule has 2 rings (SSSR count). The molecule has 0 radical (unpaired) electrons. The van der Waals surface area contributed by atoms with Crippen molar-refractivity contribution in [3.05, 3.63) is 29.6 Å². The van der Waals surface area contributed by atoms with Gasteiger partial charge in [0.15, 0.2) is 0 Å². The highest BCUT2D eigenvalue weighted by Crippen LogP contribution is 2.30. The topological polar surface area (TPSA) is 52.6 Å². The fourth-order valence-corrected chi connectivity index (χ4v) is 2.23. The molecule has 0 bridgehead atoms. The number of aliphatic hydroxyl groups excluding tert-OH is 1. The number of aliphatic hydroxyl groups is 1. The van der Waals surface area contributed by atoms with Crippen molar-refractivity contribution in [2.75, 3.05) is 25.0 Å². The molecule has 0 heterocycles. The number of halogens is 1. The van der Waals surface area contributed by atoms with E-state index in [1.54, 1.807) is 17.0 Å². The first-order chi connectivity index (χ1) is 9.69. The molecule has 0 atom stereocenters. The largest absolute Gasteiger partial charge is 0.395 e. The molecule has 1 aliphatic rings. The smallest absolute Gasteiger partial charge is 0.256 e. The van der Waals surface area contributed by atoms with Crippen LogP contribution in [0, 0.1) is 5.82 Å². The van der Waals surface area contributed by atoms with Gasteiger partial charge in [-0.05, 0) is 31.4 Å². The standard InChI is InChI=1S/C15H21FN2O2/c1-2-8-17-14-12(4-3-5-13(14)16)15(20)18(9-10-19)11-6-7-11/h3-5,11,17,19H,2,6-10H2,1H3. The molecule has 0 spiro atoms. The second-order valence-electron chi connectivity index (χ2n) is 5.04. The first-order valence-electron chi connectivity index (χ1n) is 7.13. The number of amides is 1. The zero-order valence-electron chi connectivity index (χ0n) is 11.7. The van der Waals surface area contributed by atoms with Gasteiger partial charge in [-0.25, -0.2) is 4.39 Å². The summed E-state index contributed by atoms with van der Waals surface area (Å²) in [5, 5.41) is 12.1. The Kier molecular flexibility index (Phi) is 4.95. The number of rotatable bonds is 7. The summed E-state index contributed by atoms with van der Waals surface area (Å²) in [6, 6.07) is 4.72. The maximum Gasteiger partial charge on any atom is 0.256 e. The highest BCUT2D eigenvalue weighted by atomic mass is 19.1. The lowest BCUT2D eigenvalue weighted by molar-refractivity contribution is 0.0708. The Morgan fingerprint density at radius 3 is 2.85 bits per heavy atom. The van der Waals surface area contributed by atoms with Crippen LogP contribution in [0.15, 0.2) is 18.2 Å². The van der Waals surface area contributed by atoms with Gasteiger partial charge in [-0.15, -0.1) is 0 Å². The molecule has 0 unspecified atom stereocenters. The molecule has 1 fully saturated rings. The molecule has 0 saturated heterocycles. The van der Waals surface area contributed by atoms with Gasteiger partial charge >= 0.3 is 0 Å². The lowest BCUT2D eigenvalue weighted by Crippen LogP contribution is -2.36. The van der Waals surface area contributed by atoms with E-state index in [2.05, 4.69) is 5.32 Å². The van der Waals surface area contributed by atoms with Gasteiger partial charge in [-0.3, -0.25) is 4.79 Å². The predicted molar refractivity (Wildman–Crippen MR) is 76.3 cm³/mol. The van der Waals surface area contributed by atoms with Gasteiger partial charge in [-0.2, -0.15) is 0 Å². The number of hydrogen-bond donors (Lipinski definition) is 2. The third kappa shape index (κ3) is 3.28. The van der Waals surface area contributed by atoms with E-state index >= 15 is 0 Å². The minimum atomic E-state index is -0.413. The molecule has 1 aromatic rings. The second-order valence-corrected chi connectivity index (χ2v) is 5.04. The van der Waals surface area contributed by atoms with Gasteiger partial charge in [0.25, 0.3) is 5.91 Å². The van der Waals surface area contributed by atoms with Crippen molar-refractivity contribution >= 4 is 11.6 Å². The fourth-order valence-electron chi connectivity index (χ4n) is 2.23. The number of hydrogen-bond acceptors (Lipinski definition) is 3. The summed E-state index contributed by atoms with van der Waals surface area (Å²) in [6.45, 7) is 2.82. The minimum Gasteiger partial charge on any atom is -0.395 e. The van der Waals surface area contributed by atoms with Crippen LogP contribution in [0.5, 0.6) is 0 Å². The monoisotopic (exact) mass is 280 g/mol. The number of carbonyl (C=O) groups is 1. The Bertz CT molecular complexity index is 475.